The summed E-state index contributed by atoms with van der Waals surface area (Å²) in [6.07, 6.45) is 0. The van der Waals surface area contributed by atoms with Crippen molar-refractivity contribution in [1.82, 2.24) is 14.8 Å². The molecule has 2 rings (SSSR count). The Morgan fingerprint density at radius 1 is 1.24 bits per heavy atom. The van der Waals surface area contributed by atoms with Crippen molar-refractivity contribution < 1.29 is 9.90 Å². The van der Waals surface area contributed by atoms with Gasteiger partial charge in [-0.3, -0.25) is 0 Å². The minimum absolute atomic E-state index is 0.133. The van der Waals surface area contributed by atoms with Crippen LogP contribution in [0.3, 0.4) is 0 Å². The second-order valence-electron chi connectivity index (χ2n) is 3.50. The number of nitrogens with one attached hydrogen (secondary N) is 2. The number of carbonyl (C=O) groups is 1. The van der Waals surface area contributed by atoms with Gasteiger partial charge in [0.25, 0.3) is 0 Å². The lowest BCUT2D eigenvalue weighted by atomic mass is 10.1. The fraction of sp³-hybridized carbons (Fsp3) is 0.100. The Hall–Kier alpha value is -2.57. The maximum Gasteiger partial charge on any atom is 0.348 e. The number of hydrogen-bond donors (Lipinski definition) is 3. The number of nitrogens with zero attached hydrogens (tertiary/aromatic N) is 1. The maximum atomic E-state index is 11.3. The SMILES string of the molecule is Cc1cc(-n2c(=O)[nH][nH]c2=O)ccc1C(=O)O. The van der Waals surface area contributed by atoms with Crippen LogP contribution in [0.15, 0.2) is 27.8 Å². The van der Waals surface area contributed by atoms with E-state index in [1.165, 1.54) is 18.2 Å². The summed E-state index contributed by atoms with van der Waals surface area (Å²) >= 11 is 0. The molecule has 0 aliphatic heterocycles. The molecule has 1 aromatic heterocycles. The Balaban J connectivity index is 2.64. The quantitative estimate of drug-likeness (QED) is 0.673. The average Bonchev–Trinajstić information content (AvgIpc) is 2.58. The number of aromatic nitrogens is 3. The van der Waals surface area contributed by atoms with E-state index in [-0.39, 0.29) is 5.56 Å². The molecule has 0 bridgehead atoms. The molecule has 0 unspecified atom stereocenters. The van der Waals surface area contributed by atoms with Crippen molar-refractivity contribution in [3.8, 4) is 5.69 Å². The summed E-state index contributed by atoms with van der Waals surface area (Å²) in [6, 6.07) is 4.22. The number of aromatic carboxylic acids is 1. The van der Waals surface area contributed by atoms with Crippen LogP contribution < -0.4 is 11.4 Å². The minimum Gasteiger partial charge on any atom is -0.478 e. The topological polar surface area (TPSA) is 108 Å². The van der Waals surface area contributed by atoms with Crippen molar-refractivity contribution in [1.29, 1.82) is 0 Å². The number of hydrogen-bond acceptors (Lipinski definition) is 3. The van der Waals surface area contributed by atoms with Gasteiger partial charge >= 0.3 is 17.3 Å². The zero-order valence-electron chi connectivity index (χ0n) is 8.85. The van der Waals surface area contributed by atoms with Crippen LogP contribution in [0.2, 0.25) is 0 Å². The molecule has 0 saturated carbocycles. The molecule has 1 aromatic carbocycles. The molecule has 2 aromatic rings. The van der Waals surface area contributed by atoms with E-state index in [0.717, 1.165) is 4.57 Å². The van der Waals surface area contributed by atoms with E-state index in [1.54, 1.807) is 6.92 Å². The van der Waals surface area contributed by atoms with Gasteiger partial charge < -0.3 is 5.11 Å². The highest BCUT2D eigenvalue weighted by molar-refractivity contribution is 5.89. The Kier molecular flexibility index (Phi) is 2.43. The second kappa shape index (κ2) is 3.78. The van der Waals surface area contributed by atoms with Gasteiger partial charge in [0.1, 0.15) is 0 Å². The van der Waals surface area contributed by atoms with Gasteiger partial charge in [-0.15, -0.1) is 0 Å². The number of aromatic amines is 2. The van der Waals surface area contributed by atoms with Crippen LogP contribution in [0.1, 0.15) is 15.9 Å². The molecular formula is C10H9N3O4. The first-order chi connectivity index (χ1) is 8.00. The number of H-pyrrole nitrogens is 2. The summed E-state index contributed by atoms with van der Waals surface area (Å²) in [5.74, 6) is -1.05. The lowest BCUT2D eigenvalue weighted by Crippen LogP contribution is -2.24. The van der Waals surface area contributed by atoms with Gasteiger partial charge in [0.05, 0.1) is 11.3 Å². The van der Waals surface area contributed by atoms with Gasteiger partial charge in [-0.25, -0.2) is 29.1 Å². The molecule has 0 radical (unpaired) electrons. The van der Waals surface area contributed by atoms with Crippen molar-refractivity contribution in [2.75, 3.05) is 0 Å². The summed E-state index contributed by atoms with van der Waals surface area (Å²) in [5.41, 5.74) is -0.272. The molecule has 88 valence electrons. The molecular weight excluding hydrogens is 226 g/mol. The van der Waals surface area contributed by atoms with Crippen LogP contribution in [0, 0.1) is 6.92 Å². The lowest BCUT2D eigenvalue weighted by molar-refractivity contribution is 0.0696. The standard InChI is InChI=1S/C10H9N3O4/c1-5-4-6(2-3-7(5)8(14)15)13-9(16)11-12-10(13)17/h2-4H,1H3,(H,11,16)(H,12,17)(H,14,15). The van der Waals surface area contributed by atoms with E-state index in [9.17, 15) is 14.4 Å². The highest BCUT2D eigenvalue weighted by atomic mass is 16.4. The third-order valence-electron chi connectivity index (χ3n) is 2.38. The zero-order chi connectivity index (χ0) is 12.6. The van der Waals surface area contributed by atoms with Crippen LogP contribution in [0.4, 0.5) is 0 Å². The van der Waals surface area contributed by atoms with Crippen molar-refractivity contribution in [2.24, 2.45) is 0 Å². The van der Waals surface area contributed by atoms with E-state index in [2.05, 4.69) is 10.2 Å². The third-order valence-corrected chi connectivity index (χ3v) is 2.38. The minimum atomic E-state index is -1.05. The fourth-order valence-electron chi connectivity index (χ4n) is 1.57. The van der Waals surface area contributed by atoms with Crippen LogP contribution in [-0.2, 0) is 0 Å². The highest BCUT2D eigenvalue weighted by Crippen LogP contribution is 2.12. The molecule has 1 heterocycles. The van der Waals surface area contributed by atoms with Crippen LogP contribution in [-0.4, -0.2) is 25.8 Å². The summed E-state index contributed by atoms with van der Waals surface area (Å²) < 4.78 is 0.888. The molecule has 0 atom stereocenters. The number of benzene rings is 1. The molecule has 7 heteroatoms. The largest absolute Gasteiger partial charge is 0.478 e. The van der Waals surface area contributed by atoms with Gasteiger partial charge in [0.15, 0.2) is 0 Å². The zero-order valence-corrected chi connectivity index (χ0v) is 8.85. The fourth-order valence-corrected chi connectivity index (χ4v) is 1.57. The van der Waals surface area contributed by atoms with Gasteiger partial charge in [0, 0.05) is 0 Å². The smallest absolute Gasteiger partial charge is 0.348 e. The number of carboxylic acid groups (broad SMARTS) is 1. The van der Waals surface area contributed by atoms with E-state index in [1.807, 2.05) is 0 Å². The first-order valence-electron chi connectivity index (χ1n) is 4.74. The molecule has 0 amide bonds. The van der Waals surface area contributed by atoms with Crippen LogP contribution in [0.25, 0.3) is 5.69 Å². The molecule has 0 aliphatic rings. The average molecular weight is 235 g/mol. The first kappa shape index (κ1) is 10.9. The van der Waals surface area contributed by atoms with Gasteiger partial charge in [-0.2, -0.15) is 0 Å². The Bertz CT molecular complexity index is 665. The summed E-state index contributed by atoms with van der Waals surface area (Å²) in [7, 11) is 0. The van der Waals surface area contributed by atoms with E-state index < -0.39 is 17.3 Å². The maximum absolute atomic E-state index is 11.3. The monoisotopic (exact) mass is 235 g/mol. The first-order valence-corrected chi connectivity index (χ1v) is 4.74. The molecule has 0 aliphatic carbocycles. The van der Waals surface area contributed by atoms with E-state index in [0.29, 0.717) is 11.3 Å². The second-order valence-corrected chi connectivity index (χ2v) is 3.50. The van der Waals surface area contributed by atoms with Crippen molar-refractivity contribution >= 4 is 5.97 Å². The summed E-state index contributed by atoms with van der Waals surface area (Å²) in [6.45, 7) is 1.60. The predicted octanol–water partition coefficient (Wildman–Crippen LogP) is -0.139. The highest BCUT2D eigenvalue weighted by Gasteiger charge is 2.10. The third kappa shape index (κ3) is 1.78. The normalized spacial score (nSPS) is 10.4. The number of rotatable bonds is 2. The van der Waals surface area contributed by atoms with Gasteiger partial charge in [0.2, 0.25) is 0 Å². The predicted molar refractivity (Wildman–Crippen MR) is 58.7 cm³/mol. The Morgan fingerprint density at radius 2 is 1.82 bits per heavy atom. The van der Waals surface area contributed by atoms with Crippen molar-refractivity contribution in [2.45, 2.75) is 6.92 Å². The van der Waals surface area contributed by atoms with Gasteiger partial charge in [-0.1, -0.05) is 0 Å². The summed E-state index contributed by atoms with van der Waals surface area (Å²) in [5, 5.41) is 13.1. The molecule has 0 fully saturated rings. The van der Waals surface area contributed by atoms with Gasteiger partial charge in [-0.05, 0) is 30.7 Å². The molecule has 0 spiro atoms. The Morgan fingerprint density at radius 3 is 2.29 bits per heavy atom. The van der Waals surface area contributed by atoms with Crippen molar-refractivity contribution in [3.63, 3.8) is 0 Å². The number of aryl methyl sites for hydroxylation is 1. The molecule has 0 saturated heterocycles. The van der Waals surface area contributed by atoms with Crippen LogP contribution in [0.5, 0.6) is 0 Å². The molecule has 7 nitrogen and oxygen atoms in total. The number of carboxylic acids is 1. The van der Waals surface area contributed by atoms with E-state index in [4.69, 9.17) is 5.11 Å². The molecule has 17 heavy (non-hydrogen) atoms. The lowest BCUT2D eigenvalue weighted by Gasteiger charge is -2.04. The van der Waals surface area contributed by atoms with Crippen LogP contribution >= 0.6 is 0 Å². The van der Waals surface area contributed by atoms with Crippen molar-refractivity contribution in [3.05, 3.63) is 50.3 Å². The van der Waals surface area contributed by atoms with E-state index >= 15 is 0 Å². The molecule has 3 N–H and O–H groups in total. The Labute approximate surface area is 94.3 Å². The summed E-state index contributed by atoms with van der Waals surface area (Å²) in [4.78, 5) is 33.5.